The highest BCUT2D eigenvalue weighted by Crippen LogP contribution is 1.82. The first kappa shape index (κ1) is 11.0. The van der Waals surface area contributed by atoms with Crippen LogP contribution in [0.2, 0.25) is 0 Å². The minimum absolute atomic E-state index is 0.0784. The Balaban J connectivity index is 3.15. The van der Waals surface area contributed by atoms with E-state index in [1.54, 1.807) is 6.08 Å². The predicted molar refractivity (Wildman–Crippen MR) is 51.1 cm³/mol. The van der Waals surface area contributed by atoms with Crippen LogP contribution < -0.4 is 10.6 Å². The van der Waals surface area contributed by atoms with Gasteiger partial charge in [0.25, 0.3) is 0 Å². The molecule has 0 rings (SSSR count). The number of rotatable bonds is 6. The van der Waals surface area contributed by atoms with Crippen LogP contribution in [0.3, 0.4) is 0 Å². The third kappa shape index (κ3) is 7.12. The van der Waals surface area contributed by atoms with Crippen molar-refractivity contribution in [3.05, 3.63) is 12.7 Å². The van der Waals surface area contributed by atoms with Crippen LogP contribution in [-0.2, 0) is 0 Å². The monoisotopic (exact) mass is 170 g/mol. The van der Waals surface area contributed by atoms with E-state index < -0.39 is 0 Å². The normalized spacial score (nSPS) is 9.08. The molecule has 0 radical (unpaired) electrons. The number of hydrogen-bond donors (Lipinski definition) is 2. The molecule has 2 amide bonds. The van der Waals surface area contributed by atoms with E-state index in [1.807, 2.05) is 0 Å². The Kier molecular flexibility index (Phi) is 7.44. The molecule has 3 nitrogen and oxygen atoms in total. The highest BCUT2D eigenvalue weighted by atomic mass is 16.2. The van der Waals surface area contributed by atoms with E-state index in [4.69, 9.17) is 0 Å². The van der Waals surface area contributed by atoms with Gasteiger partial charge in [-0.2, -0.15) is 0 Å². The smallest absolute Gasteiger partial charge is 0.314 e. The van der Waals surface area contributed by atoms with Crippen LogP contribution in [0, 0.1) is 0 Å². The zero-order valence-electron chi connectivity index (χ0n) is 7.73. The van der Waals surface area contributed by atoms with Crippen molar-refractivity contribution in [2.24, 2.45) is 0 Å². The van der Waals surface area contributed by atoms with Crippen LogP contribution in [-0.4, -0.2) is 19.1 Å². The van der Waals surface area contributed by atoms with Gasteiger partial charge in [-0.05, 0) is 12.8 Å². The van der Waals surface area contributed by atoms with Crippen molar-refractivity contribution in [3.63, 3.8) is 0 Å². The molecule has 2 N–H and O–H groups in total. The lowest BCUT2D eigenvalue weighted by atomic mass is 10.3. The SMILES string of the molecule is C=CCCNC(=O)NCCCC. The van der Waals surface area contributed by atoms with Crippen molar-refractivity contribution in [3.8, 4) is 0 Å². The molecular formula is C9H18N2O. The lowest BCUT2D eigenvalue weighted by molar-refractivity contribution is 0.241. The quantitative estimate of drug-likeness (QED) is 0.462. The van der Waals surface area contributed by atoms with Crippen LogP contribution in [0.5, 0.6) is 0 Å². The maximum absolute atomic E-state index is 10.9. The van der Waals surface area contributed by atoms with E-state index in [1.165, 1.54) is 0 Å². The van der Waals surface area contributed by atoms with Gasteiger partial charge in [0.15, 0.2) is 0 Å². The van der Waals surface area contributed by atoms with Gasteiger partial charge in [-0.15, -0.1) is 6.58 Å². The maximum Gasteiger partial charge on any atom is 0.314 e. The molecule has 0 aromatic heterocycles. The summed E-state index contributed by atoms with van der Waals surface area (Å²) in [6.45, 7) is 7.08. The van der Waals surface area contributed by atoms with Gasteiger partial charge in [-0.25, -0.2) is 4.79 Å². The Bertz CT molecular complexity index is 134. The first-order valence-electron chi connectivity index (χ1n) is 4.43. The Labute approximate surface area is 74.2 Å². The van der Waals surface area contributed by atoms with Gasteiger partial charge in [0.1, 0.15) is 0 Å². The van der Waals surface area contributed by atoms with Gasteiger partial charge in [-0.1, -0.05) is 19.4 Å². The van der Waals surface area contributed by atoms with Gasteiger partial charge in [0, 0.05) is 13.1 Å². The molecule has 0 spiro atoms. The zero-order chi connectivity index (χ0) is 9.23. The molecule has 70 valence electrons. The maximum atomic E-state index is 10.9. The fourth-order valence-electron chi connectivity index (χ4n) is 0.729. The molecule has 0 aromatic rings. The molecule has 12 heavy (non-hydrogen) atoms. The first-order valence-corrected chi connectivity index (χ1v) is 4.43. The zero-order valence-corrected chi connectivity index (χ0v) is 7.73. The van der Waals surface area contributed by atoms with Gasteiger partial charge >= 0.3 is 6.03 Å². The number of amides is 2. The molecule has 0 saturated carbocycles. The molecule has 0 atom stereocenters. The molecular weight excluding hydrogens is 152 g/mol. The van der Waals surface area contributed by atoms with Crippen molar-refractivity contribution in [2.75, 3.05) is 13.1 Å². The molecule has 0 aromatic carbocycles. The summed E-state index contributed by atoms with van der Waals surface area (Å²) in [5, 5.41) is 5.48. The second-order valence-electron chi connectivity index (χ2n) is 2.61. The summed E-state index contributed by atoms with van der Waals surface area (Å²) in [6.07, 6.45) is 4.75. The summed E-state index contributed by atoms with van der Waals surface area (Å²) >= 11 is 0. The highest BCUT2D eigenvalue weighted by molar-refractivity contribution is 5.73. The van der Waals surface area contributed by atoms with Crippen LogP contribution in [0.4, 0.5) is 4.79 Å². The van der Waals surface area contributed by atoms with Crippen LogP contribution in [0.15, 0.2) is 12.7 Å². The number of hydrogen-bond acceptors (Lipinski definition) is 1. The molecule has 0 aliphatic carbocycles. The van der Waals surface area contributed by atoms with Crippen molar-refractivity contribution >= 4 is 6.03 Å². The van der Waals surface area contributed by atoms with Gasteiger partial charge in [0.05, 0.1) is 0 Å². The molecule has 0 unspecified atom stereocenters. The van der Waals surface area contributed by atoms with E-state index >= 15 is 0 Å². The minimum Gasteiger partial charge on any atom is -0.338 e. The predicted octanol–water partition coefficient (Wildman–Crippen LogP) is 1.66. The van der Waals surface area contributed by atoms with E-state index in [2.05, 4.69) is 24.1 Å². The van der Waals surface area contributed by atoms with Crippen molar-refractivity contribution < 1.29 is 4.79 Å². The second kappa shape index (κ2) is 8.11. The van der Waals surface area contributed by atoms with Crippen molar-refractivity contribution in [1.82, 2.24) is 10.6 Å². The summed E-state index contributed by atoms with van der Waals surface area (Å²) in [5.74, 6) is 0. The second-order valence-corrected chi connectivity index (χ2v) is 2.61. The standard InChI is InChI=1S/C9H18N2O/c1-3-5-7-10-9(12)11-8-6-4-2/h3H,1,4-8H2,2H3,(H2,10,11,12). The molecule has 0 bridgehead atoms. The van der Waals surface area contributed by atoms with Gasteiger partial charge in [0.2, 0.25) is 0 Å². The summed E-state index contributed by atoms with van der Waals surface area (Å²) < 4.78 is 0. The van der Waals surface area contributed by atoms with Gasteiger partial charge < -0.3 is 10.6 Å². The van der Waals surface area contributed by atoms with E-state index in [0.29, 0.717) is 6.54 Å². The molecule has 3 heteroatoms. The van der Waals surface area contributed by atoms with E-state index in [0.717, 1.165) is 25.8 Å². The number of carbonyl (C=O) groups is 1. The summed E-state index contributed by atoms with van der Waals surface area (Å²) in [4.78, 5) is 10.9. The summed E-state index contributed by atoms with van der Waals surface area (Å²) in [6, 6.07) is -0.0784. The lowest BCUT2D eigenvalue weighted by Crippen LogP contribution is -2.36. The largest absolute Gasteiger partial charge is 0.338 e. The minimum atomic E-state index is -0.0784. The van der Waals surface area contributed by atoms with E-state index in [-0.39, 0.29) is 6.03 Å². The van der Waals surface area contributed by atoms with Crippen molar-refractivity contribution in [2.45, 2.75) is 26.2 Å². The summed E-state index contributed by atoms with van der Waals surface area (Å²) in [5.41, 5.74) is 0. The van der Waals surface area contributed by atoms with Crippen LogP contribution in [0.25, 0.3) is 0 Å². The van der Waals surface area contributed by atoms with Gasteiger partial charge in [-0.3, -0.25) is 0 Å². The number of urea groups is 1. The molecule has 0 aliphatic heterocycles. The topological polar surface area (TPSA) is 41.1 Å². The average molecular weight is 170 g/mol. The lowest BCUT2D eigenvalue weighted by Gasteiger charge is -2.04. The molecule has 0 fully saturated rings. The number of unbranched alkanes of at least 4 members (excludes halogenated alkanes) is 1. The fourth-order valence-corrected chi connectivity index (χ4v) is 0.729. The molecule has 0 saturated heterocycles. The first-order chi connectivity index (χ1) is 5.81. The van der Waals surface area contributed by atoms with E-state index in [9.17, 15) is 4.79 Å². The third-order valence-corrected chi connectivity index (χ3v) is 1.45. The molecule has 0 aliphatic rings. The average Bonchev–Trinajstić information content (AvgIpc) is 2.06. The third-order valence-electron chi connectivity index (χ3n) is 1.45. The Morgan fingerprint density at radius 2 is 2.08 bits per heavy atom. The Hall–Kier alpha value is -0.990. The highest BCUT2D eigenvalue weighted by Gasteiger charge is 1.95. The fraction of sp³-hybridized carbons (Fsp3) is 0.667. The molecule has 0 heterocycles. The number of carbonyl (C=O) groups excluding carboxylic acids is 1. The van der Waals surface area contributed by atoms with Crippen LogP contribution >= 0.6 is 0 Å². The van der Waals surface area contributed by atoms with Crippen molar-refractivity contribution in [1.29, 1.82) is 0 Å². The Morgan fingerprint density at radius 3 is 2.67 bits per heavy atom. The summed E-state index contributed by atoms with van der Waals surface area (Å²) in [7, 11) is 0. The van der Waals surface area contributed by atoms with Crippen LogP contribution in [0.1, 0.15) is 26.2 Å². The number of nitrogens with one attached hydrogen (secondary N) is 2. The Morgan fingerprint density at radius 1 is 1.42 bits per heavy atom.